The summed E-state index contributed by atoms with van der Waals surface area (Å²) in [5, 5.41) is 0. The van der Waals surface area contributed by atoms with Crippen LogP contribution in [0.15, 0.2) is 15.7 Å². The van der Waals surface area contributed by atoms with Gasteiger partial charge in [-0.25, -0.2) is 4.79 Å². The van der Waals surface area contributed by atoms with Crippen molar-refractivity contribution >= 4 is 11.6 Å². The van der Waals surface area contributed by atoms with E-state index in [1.807, 2.05) is 0 Å². The van der Waals surface area contributed by atoms with Crippen LogP contribution in [0.1, 0.15) is 12.1 Å². The minimum Gasteiger partial charge on any atom is -0.301 e. The number of alkyl halides is 1. The molecule has 0 spiro atoms. The van der Waals surface area contributed by atoms with Gasteiger partial charge in [0.25, 0.3) is 5.56 Å². The molecular weight excluding hydrogens is 204 g/mol. The van der Waals surface area contributed by atoms with Gasteiger partial charge in [0.1, 0.15) is 0 Å². The van der Waals surface area contributed by atoms with E-state index in [1.165, 1.54) is 17.7 Å². The second-order valence-corrected chi connectivity index (χ2v) is 3.55. The molecule has 4 nitrogen and oxygen atoms in total. The topological polar surface area (TPSA) is 44.0 Å². The Balaban J connectivity index is 3.20. The Morgan fingerprint density at radius 3 is 2.50 bits per heavy atom. The molecular formula is C9H13ClN2O2. The molecule has 0 aliphatic rings. The van der Waals surface area contributed by atoms with Gasteiger partial charge in [0.2, 0.25) is 0 Å². The molecule has 0 N–H and O–H groups in total. The summed E-state index contributed by atoms with van der Waals surface area (Å²) in [6.07, 6.45) is 1.42. The highest BCUT2D eigenvalue weighted by atomic mass is 35.5. The second kappa shape index (κ2) is 4.46. The third kappa shape index (κ3) is 2.07. The van der Waals surface area contributed by atoms with Crippen LogP contribution in [-0.4, -0.2) is 15.0 Å². The van der Waals surface area contributed by atoms with E-state index in [4.69, 9.17) is 11.6 Å². The summed E-state index contributed by atoms with van der Waals surface area (Å²) in [5.74, 6) is 0.531. The fourth-order valence-electron chi connectivity index (χ4n) is 1.27. The van der Waals surface area contributed by atoms with E-state index in [9.17, 15) is 9.59 Å². The predicted molar refractivity (Wildman–Crippen MR) is 56.0 cm³/mol. The minimum atomic E-state index is -0.290. The number of nitrogens with zero attached hydrogens (tertiary/aromatic N) is 2. The molecule has 0 amide bonds. The van der Waals surface area contributed by atoms with Gasteiger partial charge in [-0.2, -0.15) is 0 Å². The molecule has 0 saturated carbocycles. The summed E-state index contributed by atoms with van der Waals surface area (Å²) < 4.78 is 2.57. The van der Waals surface area contributed by atoms with Crippen LogP contribution in [0, 0.1) is 0 Å². The average molecular weight is 217 g/mol. The van der Waals surface area contributed by atoms with Crippen molar-refractivity contribution in [1.82, 2.24) is 9.13 Å². The third-order valence-electron chi connectivity index (χ3n) is 2.19. The fraction of sp³-hybridized carbons (Fsp3) is 0.556. The summed E-state index contributed by atoms with van der Waals surface area (Å²) in [4.78, 5) is 22.8. The van der Waals surface area contributed by atoms with Gasteiger partial charge < -0.3 is 4.57 Å². The summed E-state index contributed by atoms with van der Waals surface area (Å²) >= 11 is 5.54. The van der Waals surface area contributed by atoms with Crippen molar-refractivity contribution in [3.8, 4) is 0 Å². The van der Waals surface area contributed by atoms with Crippen molar-refractivity contribution in [3.63, 3.8) is 0 Å². The lowest BCUT2D eigenvalue weighted by atomic mass is 10.2. The van der Waals surface area contributed by atoms with Gasteiger partial charge in [-0.1, -0.05) is 0 Å². The van der Waals surface area contributed by atoms with Crippen LogP contribution in [0.4, 0.5) is 0 Å². The maximum absolute atomic E-state index is 11.5. The molecule has 1 heterocycles. The molecule has 0 aromatic carbocycles. The Labute approximate surface area is 86.7 Å². The Kier molecular flexibility index (Phi) is 3.52. The van der Waals surface area contributed by atoms with E-state index in [-0.39, 0.29) is 11.2 Å². The first-order valence-electron chi connectivity index (χ1n) is 4.40. The Bertz CT molecular complexity index is 433. The summed E-state index contributed by atoms with van der Waals surface area (Å²) in [5.41, 5.74) is 0.179. The molecule has 0 bridgehead atoms. The molecule has 14 heavy (non-hydrogen) atoms. The Morgan fingerprint density at radius 2 is 1.93 bits per heavy atom. The lowest BCUT2D eigenvalue weighted by molar-refractivity contribution is 0.643. The van der Waals surface area contributed by atoms with Gasteiger partial charge >= 0.3 is 5.69 Å². The molecule has 1 aromatic rings. The first-order valence-corrected chi connectivity index (χ1v) is 4.93. The predicted octanol–water partition coefficient (Wildman–Crippen LogP) is 0.255. The van der Waals surface area contributed by atoms with Crippen molar-refractivity contribution in [1.29, 1.82) is 0 Å². The maximum Gasteiger partial charge on any atom is 0.330 e. The van der Waals surface area contributed by atoms with Crippen molar-refractivity contribution in [2.24, 2.45) is 14.1 Å². The van der Waals surface area contributed by atoms with Crippen molar-refractivity contribution in [2.45, 2.75) is 12.8 Å². The number of hydrogen-bond donors (Lipinski definition) is 0. The standard InChI is InChI=1S/C9H13ClN2O2/c1-11-7(4-3-5-10)6-8(13)12(2)9(11)14/h6H,3-5H2,1-2H3. The monoisotopic (exact) mass is 216 g/mol. The van der Waals surface area contributed by atoms with Crippen LogP contribution in [0.5, 0.6) is 0 Å². The van der Waals surface area contributed by atoms with Gasteiger partial charge in [-0.3, -0.25) is 9.36 Å². The molecule has 5 heteroatoms. The quantitative estimate of drug-likeness (QED) is 0.681. The summed E-state index contributed by atoms with van der Waals surface area (Å²) in [6.45, 7) is 0. The summed E-state index contributed by atoms with van der Waals surface area (Å²) in [6, 6.07) is 1.48. The largest absolute Gasteiger partial charge is 0.330 e. The second-order valence-electron chi connectivity index (χ2n) is 3.17. The van der Waals surface area contributed by atoms with Crippen molar-refractivity contribution < 1.29 is 0 Å². The molecule has 78 valence electrons. The zero-order valence-electron chi connectivity index (χ0n) is 8.29. The molecule has 1 aromatic heterocycles. The molecule has 0 unspecified atom stereocenters. The summed E-state index contributed by atoms with van der Waals surface area (Å²) in [7, 11) is 3.13. The first kappa shape index (κ1) is 11.0. The van der Waals surface area contributed by atoms with Crippen molar-refractivity contribution in [3.05, 3.63) is 32.6 Å². The number of hydrogen-bond acceptors (Lipinski definition) is 2. The molecule has 0 aliphatic carbocycles. The van der Waals surface area contributed by atoms with Crippen LogP contribution in [0.2, 0.25) is 0 Å². The molecule has 0 atom stereocenters. The number of aryl methyl sites for hydroxylation is 1. The Morgan fingerprint density at radius 1 is 1.29 bits per heavy atom. The van der Waals surface area contributed by atoms with Crippen molar-refractivity contribution in [2.75, 3.05) is 5.88 Å². The van der Waals surface area contributed by atoms with E-state index in [1.54, 1.807) is 7.05 Å². The van der Waals surface area contributed by atoms with Gasteiger partial charge in [-0.15, -0.1) is 11.6 Å². The molecule has 0 radical (unpaired) electrons. The van der Waals surface area contributed by atoms with E-state index in [0.29, 0.717) is 12.3 Å². The molecule has 0 aliphatic heterocycles. The molecule has 1 rings (SSSR count). The van der Waals surface area contributed by atoms with Crippen LogP contribution >= 0.6 is 11.6 Å². The van der Waals surface area contributed by atoms with E-state index in [2.05, 4.69) is 0 Å². The van der Waals surface area contributed by atoms with E-state index in [0.717, 1.165) is 16.7 Å². The first-order chi connectivity index (χ1) is 6.57. The number of rotatable bonds is 3. The van der Waals surface area contributed by atoms with Gasteiger partial charge in [-0.05, 0) is 12.8 Å². The van der Waals surface area contributed by atoms with Crippen LogP contribution in [0.25, 0.3) is 0 Å². The minimum absolute atomic E-state index is 0.266. The highest BCUT2D eigenvalue weighted by Gasteiger charge is 2.04. The third-order valence-corrected chi connectivity index (χ3v) is 2.46. The lowest BCUT2D eigenvalue weighted by Crippen LogP contribution is -2.38. The molecule has 0 saturated heterocycles. The SMILES string of the molecule is Cn1c(CCCCl)cc(=O)n(C)c1=O. The van der Waals surface area contributed by atoms with E-state index >= 15 is 0 Å². The fourth-order valence-corrected chi connectivity index (χ4v) is 1.40. The average Bonchev–Trinajstić information content (AvgIpc) is 2.18. The zero-order chi connectivity index (χ0) is 10.7. The highest BCUT2D eigenvalue weighted by molar-refractivity contribution is 6.17. The lowest BCUT2D eigenvalue weighted by Gasteiger charge is -2.07. The number of halogens is 1. The van der Waals surface area contributed by atoms with Crippen LogP contribution in [-0.2, 0) is 20.5 Å². The smallest absolute Gasteiger partial charge is 0.301 e. The normalized spacial score (nSPS) is 10.5. The molecule has 0 fully saturated rings. The Hall–Kier alpha value is -1.03. The van der Waals surface area contributed by atoms with Crippen LogP contribution < -0.4 is 11.2 Å². The van der Waals surface area contributed by atoms with Crippen LogP contribution in [0.3, 0.4) is 0 Å². The highest BCUT2D eigenvalue weighted by Crippen LogP contribution is 1.97. The van der Waals surface area contributed by atoms with Gasteiger partial charge in [0.05, 0.1) is 0 Å². The van der Waals surface area contributed by atoms with Gasteiger partial charge in [0.15, 0.2) is 0 Å². The zero-order valence-corrected chi connectivity index (χ0v) is 9.04. The van der Waals surface area contributed by atoms with Gasteiger partial charge in [0, 0.05) is 31.7 Å². The van der Waals surface area contributed by atoms with E-state index < -0.39 is 0 Å². The maximum atomic E-state index is 11.5. The number of aromatic nitrogens is 2.